The third-order valence-corrected chi connectivity index (χ3v) is 3.31. The second kappa shape index (κ2) is 11.5. The van der Waals surface area contributed by atoms with Crippen LogP contribution in [0.4, 0.5) is 0 Å². The number of nitrogens with two attached hydrogens (primary N) is 1. The van der Waals surface area contributed by atoms with Crippen LogP contribution in [0.15, 0.2) is 30.3 Å². The minimum atomic E-state index is -0.126. The first-order valence-electron chi connectivity index (χ1n) is 7.78. The number of carbonyl (C=O) groups is 1. The van der Waals surface area contributed by atoms with Gasteiger partial charge in [0.15, 0.2) is 0 Å². The molecular weight excluding hydrogens is 250 g/mol. The first-order chi connectivity index (χ1) is 9.83. The van der Waals surface area contributed by atoms with E-state index >= 15 is 0 Å². The summed E-state index contributed by atoms with van der Waals surface area (Å²) in [6.07, 6.45) is 9.99. The first-order valence-corrected chi connectivity index (χ1v) is 7.78. The highest BCUT2D eigenvalue weighted by Crippen LogP contribution is 2.12. The second-order valence-corrected chi connectivity index (χ2v) is 5.15. The van der Waals surface area contributed by atoms with E-state index in [0.717, 1.165) is 25.8 Å². The molecule has 3 heteroatoms. The van der Waals surface area contributed by atoms with Crippen LogP contribution in [0.1, 0.15) is 57.8 Å². The Morgan fingerprint density at radius 1 is 0.850 bits per heavy atom. The monoisotopic (exact) mass is 277 g/mol. The van der Waals surface area contributed by atoms with Crippen molar-refractivity contribution in [2.45, 2.75) is 57.8 Å². The molecule has 112 valence electrons. The maximum absolute atomic E-state index is 11.6. The molecule has 0 spiro atoms. The van der Waals surface area contributed by atoms with E-state index in [1.54, 1.807) is 12.1 Å². The zero-order chi connectivity index (χ0) is 14.5. The van der Waals surface area contributed by atoms with Crippen LogP contribution in [0.2, 0.25) is 0 Å². The van der Waals surface area contributed by atoms with E-state index < -0.39 is 0 Å². The lowest BCUT2D eigenvalue weighted by Crippen LogP contribution is -2.07. The van der Waals surface area contributed by atoms with Gasteiger partial charge in [-0.25, -0.2) is 0 Å². The van der Waals surface area contributed by atoms with Gasteiger partial charge in [0, 0.05) is 6.42 Å². The molecule has 0 radical (unpaired) electrons. The molecule has 0 fully saturated rings. The van der Waals surface area contributed by atoms with Gasteiger partial charge in [-0.2, -0.15) is 0 Å². The number of para-hydroxylation sites is 1. The van der Waals surface area contributed by atoms with Gasteiger partial charge in [0.25, 0.3) is 0 Å². The Hall–Kier alpha value is -1.35. The van der Waals surface area contributed by atoms with Gasteiger partial charge in [-0.05, 0) is 31.5 Å². The molecular formula is C17H27NO2. The Bertz CT molecular complexity index is 351. The van der Waals surface area contributed by atoms with E-state index in [9.17, 15) is 4.79 Å². The summed E-state index contributed by atoms with van der Waals surface area (Å²) in [5.41, 5.74) is 5.45. The summed E-state index contributed by atoms with van der Waals surface area (Å²) in [6, 6.07) is 9.25. The van der Waals surface area contributed by atoms with Gasteiger partial charge in [-0.3, -0.25) is 4.79 Å². The van der Waals surface area contributed by atoms with Crippen LogP contribution < -0.4 is 10.5 Å². The van der Waals surface area contributed by atoms with Crippen LogP contribution in [-0.2, 0) is 4.79 Å². The fourth-order valence-corrected chi connectivity index (χ4v) is 2.15. The summed E-state index contributed by atoms with van der Waals surface area (Å²) in [7, 11) is 0. The largest absolute Gasteiger partial charge is 0.427 e. The van der Waals surface area contributed by atoms with Crippen LogP contribution in [0, 0.1) is 0 Å². The fourth-order valence-electron chi connectivity index (χ4n) is 2.15. The van der Waals surface area contributed by atoms with Crippen LogP contribution in [0.3, 0.4) is 0 Å². The Morgan fingerprint density at radius 3 is 2.00 bits per heavy atom. The molecule has 0 atom stereocenters. The van der Waals surface area contributed by atoms with Crippen LogP contribution in [0.25, 0.3) is 0 Å². The molecule has 0 aliphatic heterocycles. The highest BCUT2D eigenvalue weighted by atomic mass is 16.5. The standard InChI is InChI=1S/C17H27NO2/c18-15-11-6-4-2-1-3-5-10-14-17(19)20-16-12-8-7-9-13-16/h7-9,12-13H,1-6,10-11,14-15,18H2. The maximum Gasteiger partial charge on any atom is 0.311 e. The van der Waals surface area contributed by atoms with Gasteiger partial charge in [-0.15, -0.1) is 0 Å². The molecule has 1 aromatic carbocycles. The van der Waals surface area contributed by atoms with Crippen molar-refractivity contribution in [2.24, 2.45) is 5.73 Å². The van der Waals surface area contributed by atoms with Crippen molar-refractivity contribution in [3.05, 3.63) is 30.3 Å². The van der Waals surface area contributed by atoms with E-state index in [1.165, 1.54) is 32.1 Å². The molecule has 0 bridgehead atoms. The number of carbonyl (C=O) groups excluding carboxylic acids is 1. The normalized spacial score (nSPS) is 10.4. The van der Waals surface area contributed by atoms with Crippen molar-refractivity contribution in [3.63, 3.8) is 0 Å². The summed E-state index contributed by atoms with van der Waals surface area (Å²) in [6.45, 7) is 0.809. The highest BCUT2D eigenvalue weighted by Gasteiger charge is 2.03. The molecule has 0 aliphatic rings. The zero-order valence-electron chi connectivity index (χ0n) is 12.4. The maximum atomic E-state index is 11.6. The smallest absolute Gasteiger partial charge is 0.311 e. The molecule has 0 amide bonds. The minimum Gasteiger partial charge on any atom is -0.427 e. The summed E-state index contributed by atoms with van der Waals surface area (Å²) >= 11 is 0. The molecule has 0 aliphatic carbocycles. The molecule has 0 saturated carbocycles. The first kappa shape index (κ1) is 16.7. The van der Waals surface area contributed by atoms with E-state index in [2.05, 4.69) is 0 Å². The predicted molar refractivity (Wildman–Crippen MR) is 82.7 cm³/mol. The molecule has 3 nitrogen and oxygen atoms in total. The SMILES string of the molecule is NCCCCCCCCCCC(=O)Oc1ccccc1. The molecule has 0 aromatic heterocycles. The number of hydrogen-bond acceptors (Lipinski definition) is 3. The average molecular weight is 277 g/mol. The topological polar surface area (TPSA) is 52.3 Å². The Labute approximate surface area is 122 Å². The van der Waals surface area contributed by atoms with Crippen molar-refractivity contribution in [3.8, 4) is 5.75 Å². The molecule has 0 unspecified atom stereocenters. The van der Waals surface area contributed by atoms with Gasteiger partial charge >= 0.3 is 5.97 Å². The fraction of sp³-hybridized carbons (Fsp3) is 0.588. The van der Waals surface area contributed by atoms with Crippen molar-refractivity contribution >= 4 is 5.97 Å². The Kier molecular flexibility index (Phi) is 9.58. The second-order valence-electron chi connectivity index (χ2n) is 5.15. The summed E-state index contributed by atoms with van der Waals surface area (Å²) in [5.74, 6) is 0.511. The lowest BCUT2D eigenvalue weighted by atomic mass is 10.1. The van der Waals surface area contributed by atoms with Gasteiger partial charge in [-0.1, -0.05) is 56.7 Å². The van der Waals surface area contributed by atoms with Crippen molar-refractivity contribution in [1.82, 2.24) is 0 Å². The lowest BCUT2D eigenvalue weighted by Gasteiger charge is -2.04. The van der Waals surface area contributed by atoms with Crippen LogP contribution in [0.5, 0.6) is 5.75 Å². The third-order valence-electron chi connectivity index (χ3n) is 3.31. The summed E-state index contributed by atoms with van der Waals surface area (Å²) in [4.78, 5) is 11.6. The predicted octanol–water partition coefficient (Wildman–Crippen LogP) is 4.06. The summed E-state index contributed by atoms with van der Waals surface area (Å²) in [5, 5.41) is 0. The van der Waals surface area contributed by atoms with E-state index in [0.29, 0.717) is 12.2 Å². The van der Waals surface area contributed by atoms with Crippen LogP contribution >= 0.6 is 0 Å². The third kappa shape index (κ3) is 8.70. The Balaban J connectivity index is 1.92. The van der Waals surface area contributed by atoms with E-state index in [4.69, 9.17) is 10.5 Å². The quantitative estimate of drug-likeness (QED) is 0.377. The molecule has 1 rings (SSSR count). The van der Waals surface area contributed by atoms with Gasteiger partial charge in [0.05, 0.1) is 0 Å². The number of rotatable bonds is 11. The van der Waals surface area contributed by atoms with Gasteiger partial charge < -0.3 is 10.5 Å². The zero-order valence-corrected chi connectivity index (χ0v) is 12.4. The molecule has 1 aromatic rings. The van der Waals surface area contributed by atoms with Crippen molar-refractivity contribution in [2.75, 3.05) is 6.54 Å². The van der Waals surface area contributed by atoms with E-state index in [1.807, 2.05) is 18.2 Å². The number of benzene rings is 1. The summed E-state index contributed by atoms with van der Waals surface area (Å²) < 4.78 is 5.24. The van der Waals surface area contributed by atoms with Crippen molar-refractivity contribution in [1.29, 1.82) is 0 Å². The Morgan fingerprint density at radius 2 is 1.40 bits per heavy atom. The van der Waals surface area contributed by atoms with Gasteiger partial charge in [0.1, 0.15) is 5.75 Å². The number of hydrogen-bond donors (Lipinski definition) is 1. The molecule has 0 heterocycles. The molecule has 2 N–H and O–H groups in total. The van der Waals surface area contributed by atoms with Gasteiger partial charge in [0.2, 0.25) is 0 Å². The lowest BCUT2D eigenvalue weighted by molar-refractivity contribution is -0.134. The molecule has 20 heavy (non-hydrogen) atoms. The van der Waals surface area contributed by atoms with Crippen LogP contribution in [-0.4, -0.2) is 12.5 Å². The number of esters is 1. The number of unbranched alkanes of at least 4 members (excludes halogenated alkanes) is 7. The molecule has 0 saturated heterocycles. The average Bonchev–Trinajstić information content (AvgIpc) is 2.46. The number of ether oxygens (including phenoxy) is 1. The van der Waals surface area contributed by atoms with Crippen molar-refractivity contribution < 1.29 is 9.53 Å². The highest BCUT2D eigenvalue weighted by molar-refractivity contribution is 5.72. The minimum absolute atomic E-state index is 0.126. The van der Waals surface area contributed by atoms with E-state index in [-0.39, 0.29) is 5.97 Å².